The molecule has 3 nitrogen and oxygen atoms in total. The summed E-state index contributed by atoms with van der Waals surface area (Å²) in [5.41, 5.74) is 0.923. The van der Waals surface area contributed by atoms with E-state index in [1.807, 2.05) is 26.0 Å². The molecule has 0 saturated heterocycles. The molecular formula is C8H11N3. The molecule has 0 aliphatic carbocycles. The average molecular weight is 149 g/mol. The average Bonchev–Trinajstić information content (AvgIpc) is 2.05. The van der Waals surface area contributed by atoms with E-state index in [0.717, 1.165) is 12.2 Å². The summed E-state index contributed by atoms with van der Waals surface area (Å²) in [4.78, 5) is 0. The topological polar surface area (TPSA) is 59.6 Å². The molecule has 0 rings (SSSR count). The number of nitrogens with one attached hydrogen (secondary N) is 1. The number of nitriles is 2. The Morgan fingerprint density at radius 2 is 1.82 bits per heavy atom. The van der Waals surface area contributed by atoms with Crippen LogP contribution in [0.2, 0.25) is 0 Å². The van der Waals surface area contributed by atoms with Gasteiger partial charge in [0, 0.05) is 12.2 Å². The number of hydrogen-bond acceptors (Lipinski definition) is 3. The van der Waals surface area contributed by atoms with Crippen molar-refractivity contribution in [1.29, 1.82) is 10.5 Å². The molecule has 1 N–H and O–H groups in total. The highest BCUT2D eigenvalue weighted by Crippen LogP contribution is 2.02. The predicted octanol–water partition coefficient (Wildman–Crippen LogP) is 1.31. The van der Waals surface area contributed by atoms with Gasteiger partial charge < -0.3 is 5.32 Å². The Kier molecular flexibility index (Phi) is 4.60. The molecule has 58 valence electrons. The third-order valence-corrected chi connectivity index (χ3v) is 1.27. The van der Waals surface area contributed by atoms with Crippen LogP contribution in [0.1, 0.15) is 20.3 Å². The lowest BCUT2D eigenvalue weighted by Gasteiger charge is -2.04. The molecule has 0 bridgehead atoms. The summed E-state index contributed by atoms with van der Waals surface area (Å²) in [5, 5.41) is 19.9. The fourth-order valence-corrected chi connectivity index (χ4v) is 0.764. The summed E-state index contributed by atoms with van der Waals surface area (Å²) in [7, 11) is 0. The van der Waals surface area contributed by atoms with Crippen molar-refractivity contribution >= 4 is 0 Å². The minimum absolute atomic E-state index is 0.189. The summed E-state index contributed by atoms with van der Waals surface area (Å²) in [6.45, 7) is 4.59. The van der Waals surface area contributed by atoms with Crippen molar-refractivity contribution in [2.75, 3.05) is 6.54 Å². The first-order valence-electron chi connectivity index (χ1n) is 3.57. The number of rotatable bonds is 3. The van der Waals surface area contributed by atoms with E-state index in [-0.39, 0.29) is 5.57 Å². The summed E-state index contributed by atoms with van der Waals surface area (Å²) < 4.78 is 0. The maximum Gasteiger partial charge on any atom is 0.148 e. The summed E-state index contributed by atoms with van der Waals surface area (Å²) in [5.74, 6) is 0. The van der Waals surface area contributed by atoms with Crippen LogP contribution in [0.15, 0.2) is 11.3 Å². The first-order valence-corrected chi connectivity index (χ1v) is 3.57. The standard InChI is InChI=1S/C8H11N3/c1-3-8(11-4-2)7(5-9)6-10/h11H,3-4H2,1-2H3. The third-order valence-electron chi connectivity index (χ3n) is 1.27. The lowest BCUT2D eigenvalue weighted by Crippen LogP contribution is -2.13. The van der Waals surface area contributed by atoms with E-state index in [2.05, 4.69) is 5.32 Å². The molecule has 0 radical (unpaired) electrons. The predicted molar refractivity (Wildman–Crippen MR) is 42.2 cm³/mol. The van der Waals surface area contributed by atoms with Gasteiger partial charge in [-0.25, -0.2) is 0 Å². The Morgan fingerprint density at radius 3 is 2.09 bits per heavy atom. The van der Waals surface area contributed by atoms with Gasteiger partial charge in [0.2, 0.25) is 0 Å². The van der Waals surface area contributed by atoms with Crippen molar-refractivity contribution in [3.8, 4) is 12.1 Å². The van der Waals surface area contributed by atoms with E-state index in [1.54, 1.807) is 0 Å². The zero-order valence-electron chi connectivity index (χ0n) is 6.81. The fourth-order valence-electron chi connectivity index (χ4n) is 0.764. The molecule has 0 fully saturated rings. The Labute approximate surface area is 66.9 Å². The molecule has 0 aromatic carbocycles. The quantitative estimate of drug-likeness (QED) is 0.615. The van der Waals surface area contributed by atoms with Crippen LogP contribution in [0.25, 0.3) is 0 Å². The van der Waals surface area contributed by atoms with E-state index in [0.29, 0.717) is 6.42 Å². The second-order valence-electron chi connectivity index (χ2n) is 1.96. The number of allylic oxidation sites excluding steroid dienone is 2. The molecular weight excluding hydrogens is 138 g/mol. The molecule has 0 amide bonds. The van der Waals surface area contributed by atoms with Crippen molar-refractivity contribution in [2.24, 2.45) is 0 Å². The Balaban J connectivity index is 4.55. The monoisotopic (exact) mass is 149 g/mol. The summed E-state index contributed by atoms with van der Waals surface area (Å²) >= 11 is 0. The summed E-state index contributed by atoms with van der Waals surface area (Å²) in [6.07, 6.45) is 0.699. The molecule has 0 aromatic heterocycles. The second kappa shape index (κ2) is 5.32. The third kappa shape index (κ3) is 2.73. The van der Waals surface area contributed by atoms with Gasteiger partial charge in [-0.1, -0.05) is 6.92 Å². The normalized spacial score (nSPS) is 7.64. The van der Waals surface area contributed by atoms with Gasteiger partial charge >= 0.3 is 0 Å². The van der Waals surface area contributed by atoms with Gasteiger partial charge in [-0.15, -0.1) is 0 Å². The summed E-state index contributed by atoms with van der Waals surface area (Å²) in [6, 6.07) is 3.69. The van der Waals surface area contributed by atoms with Gasteiger partial charge in [0.05, 0.1) is 0 Å². The van der Waals surface area contributed by atoms with E-state index >= 15 is 0 Å². The maximum absolute atomic E-state index is 8.48. The number of nitrogens with zero attached hydrogens (tertiary/aromatic N) is 2. The largest absolute Gasteiger partial charge is 0.387 e. The highest BCUT2D eigenvalue weighted by molar-refractivity contribution is 5.39. The van der Waals surface area contributed by atoms with E-state index in [4.69, 9.17) is 10.5 Å². The van der Waals surface area contributed by atoms with Crippen LogP contribution >= 0.6 is 0 Å². The van der Waals surface area contributed by atoms with E-state index < -0.39 is 0 Å². The zero-order chi connectivity index (χ0) is 8.69. The van der Waals surface area contributed by atoms with Gasteiger partial charge in [0.1, 0.15) is 17.7 Å². The van der Waals surface area contributed by atoms with E-state index in [9.17, 15) is 0 Å². The van der Waals surface area contributed by atoms with Crippen molar-refractivity contribution < 1.29 is 0 Å². The van der Waals surface area contributed by atoms with Crippen LogP contribution in [0.5, 0.6) is 0 Å². The lowest BCUT2D eigenvalue weighted by atomic mass is 10.2. The zero-order valence-corrected chi connectivity index (χ0v) is 6.81. The molecule has 0 spiro atoms. The highest BCUT2D eigenvalue weighted by Gasteiger charge is 2.00. The van der Waals surface area contributed by atoms with Crippen LogP contribution < -0.4 is 5.32 Å². The minimum Gasteiger partial charge on any atom is -0.387 e. The van der Waals surface area contributed by atoms with Crippen molar-refractivity contribution in [3.05, 3.63) is 11.3 Å². The van der Waals surface area contributed by atoms with Gasteiger partial charge in [0.15, 0.2) is 0 Å². The first-order chi connectivity index (χ1) is 5.29. The van der Waals surface area contributed by atoms with Crippen molar-refractivity contribution in [3.63, 3.8) is 0 Å². The molecule has 11 heavy (non-hydrogen) atoms. The smallest absolute Gasteiger partial charge is 0.148 e. The van der Waals surface area contributed by atoms with Gasteiger partial charge in [-0.3, -0.25) is 0 Å². The molecule has 0 aromatic rings. The van der Waals surface area contributed by atoms with Gasteiger partial charge in [-0.05, 0) is 13.3 Å². The van der Waals surface area contributed by atoms with Crippen LogP contribution in [-0.2, 0) is 0 Å². The fraction of sp³-hybridized carbons (Fsp3) is 0.500. The van der Waals surface area contributed by atoms with Crippen molar-refractivity contribution in [1.82, 2.24) is 5.32 Å². The molecule has 0 atom stereocenters. The van der Waals surface area contributed by atoms with Crippen LogP contribution in [-0.4, -0.2) is 6.54 Å². The van der Waals surface area contributed by atoms with Gasteiger partial charge in [0.25, 0.3) is 0 Å². The van der Waals surface area contributed by atoms with Crippen LogP contribution in [0, 0.1) is 22.7 Å². The minimum atomic E-state index is 0.189. The molecule has 0 aliphatic heterocycles. The SMILES string of the molecule is CCNC(CC)=C(C#N)C#N. The van der Waals surface area contributed by atoms with Crippen molar-refractivity contribution in [2.45, 2.75) is 20.3 Å². The first kappa shape index (κ1) is 9.52. The Bertz CT molecular complexity index is 211. The van der Waals surface area contributed by atoms with E-state index in [1.165, 1.54) is 0 Å². The molecule has 0 unspecified atom stereocenters. The molecule has 0 heterocycles. The molecule has 0 aliphatic rings. The molecule has 3 heteroatoms. The second-order valence-corrected chi connectivity index (χ2v) is 1.96. The highest BCUT2D eigenvalue weighted by atomic mass is 14.9. The maximum atomic E-state index is 8.48. The Hall–Kier alpha value is -1.48. The van der Waals surface area contributed by atoms with Crippen LogP contribution in [0.4, 0.5) is 0 Å². The lowest BCUT2D eigenvalue weighted by molar-refractivity contribution is 0.802. The Morgan fingerprint density at radius 1 is 1.27 bits per heavy atom. The van der Waals surface area contributed by atoms with Crippen LogP contribution in [0.3, 0.4) is 0 Å². The number of hydrogen-bond donors (Lipinski definition) is 1. The van der Waals surface area contributed by atoms with Gasteiger partial charge in [-0.2, -0.15) is 10.5 Å². The molecule has 0 saturated carbocycles.